The number of hydrogen-bond donors (Lipinski definition) is 0. The topological polar surface area (TPSA) is 3.24 Å². The minimum Gasteiger partial charge on any atom is -0.309 e. The second-order valence-electron chi connectivity index (χ2n) is 6.38. The van der Waals surface area contributed by atoms with Crippen molar-refractivity contribution in [3.8, 4) is 0 Å². The fraction of sp³-hybridized carbons (Fsp3) is 0. The van der Waals surface area contributed by atoms with E-state index in [9.17, 15) is 0 Å². The highest BCUT2D eigenvalue weighted by Gasteiger charge is 2.17. The third-order valence-electron chi connectivity index (χ3n) is 4.73. The molecule has 130 valence electrons. The summed E-state index contributed by atoms with van der Waals surface area (Å²) in [6, 6.07) is 34.1. The quantitative estimate of drug-likeness (QED) is 0.278. The average molecular weight is 430 g/mol. The fourth-order valence-corrected chi connectivity index (χ4v) is 5.35. The number of nitrogens with zero attached hydrogens (tertiary/aromatic N) is 1. The van der Waals surface area contributed by atoms with E-state index in [2.05, 4.69) is 118 Å². The van der Waals surface area contributed by atoms with Crippen LogP contribution in [0.3, 0.4) is 0 Å². The van der Waals surface area contributed by atoms with Crippen LogP contribution in [0, 0.1) is 0 Å². The highest BCUT2D eigenvalue weighted by atomic mass is 79.9. The number of fused-ring (bicyclic) bond motifs is 3. The van der Waals surface area contributed by atoms with Crippen LogP contribution in [0.1, 0.15) is 0 Å². The number of para-hydroxylation sites is 2. The van der Waals surface area contributed by atoms with Crippen LogP contribution in [0.5, 0.6) is 0 Å². The highest BCUT2D eigenvalue weighted by Crippen LogP contribution is 2.45. The molecule has 5 rings (SSSR count). The molecule has 0 atom stereocenters. The van der Waals surface area contributed by atoms with Gasteiger partial charge >= 0.3 is 0 Å². The molecule has 0 N–H and O–H groups in total. The second kappa shape index (κ2) is 6.84. The summed E-state index contributed by atoms with van der Waals surface area (Å²) in [7, 11) is 0. The summed E-state index contributed by atoms with van der Waals surface area (Å²) in [4.78, 5) is 2.34. The van der Waals surface area contributed by atoms with Crippen LogP contribution >= 0.6 is 27.3 Å². The molecule has 3 heteroatoms. The molecular formula is C24H16BrNS. The van der Waals surface area contributed by atoms with Crippen molar-refractivity contribution in [2.75, 3.05) is 4.90 Å². The van der Waals surface area contributed by atoms with E-state index in [0.717, 1.165) is 15.8 Å². The molecule has 1 aromatic heterocycles. The van der Waals surface area contributed by atoms with Gasteiger partial charge in [0, 0.05) is 31.3 Å². The molecule has 0 aliphatic carbocycles. The van der Waals surface area contributed by atoms with Gasteiger partial charge in [-0.05, 0) is 52.3 Å². The van der Waals surface area contributed by atoms with Crippen molar-refractivity contribution < 1.29 is 0 Å². The van der Waals surface area contributed by atoms with Crippen LogP contribution in [0.2, 0.25) is 0 Å². The van der Waals surface area contributed by atoms with E-state index in [1.54, 1.807) is 0 Å². The SMILES string of the molecule is Brc1cccc2c1sc1c(N(c3ccccc3)c3ccccc3)cccc12. The molecule has 27 heavy (non-hydrogen) atoms. The van der Waals surface area contributed by atoms with Crippen LogP contribution in [-0.2, 0) is 0 Å². The molecule has 0 saturated carbocycles. The zero-order chi connectivity index (χ0) is 18.2. The van der Waals surface area contributed by atoms with Gasteiger partial charge in [0.1, 0.15) is 0 Å². The molecular weight excluding hydrogens is 414 g/mol. The number of hydrogen-bond acceptors (Lipinski definition) is 2. The maximum Gasteiger partial charge on any atom is 0.0640 e. The van der Waals surface area contributed by atoms with Crippen LogP contribution in [-0.4, -0.2) is 0 Å². The Morgan fingerprint density at radius 1 is 0.556 bits per heavy atom. The maximum atomic E-state index is 3.72. The highest BCUT2D eigenvalue weighted by molar-refractivity contribution is 9.10. The number of anilines is 3. The van der Waals surface area contributed by atoms with Crippen LogP contribution < -0.4 is 4.90 Å². The summed E-state index contributed by atoms with van der Waals surface area (Å²) in [6.07, 6.45) is 0. The Balaban J connectivity index is 1.83. The molecule has 0 amide bonds. The van der Waals surface area contributed by atoms with E-state index in [1.807, 2.05) is 11.3 Å². The lowest BCUT2D eigenvalue weighted by atomic mass is 10.1. The van der Waals surface area contributed by atoms with Crippen molar-refractivity contribution in [3.63, 3.8) is 0 Å². The Kier molecular flexibility index (Phi) is 4.19. The number of benzene rings is 4. The predicted molar refractivity (Wildman–Crippen MR) is 122 cm³/mol. The van der Waals surface area contributed by atoms with E-state index < -0.39 is 0 Å². The summed E-state index contributed by atoms with van der Waals surface area (Å²) in [5.74, 6) is 0. The number of halogens is 1. The Hall–Kier alpha value is -2.62. The van der Waals surface area contributed by atoms with E-state index in [1.165, 1.54) is 25.9 Å². The van der Waals surface area contributed by atoms with Crippen molar-refractivity contribution in [1.82, 2.24) is 0 Å². The van der Waals surface area contributed by atoms with Gasteiger partial charge in [-0.3, -0.25) is 0 Å². The monoisotopic (exact) mass is 429 g/mol. The first-order chi connectivity index (χ1) is 13.3. The van der Waals surface area contributed by atoms with Crippen LogP contribution in [0.25, 0.3) is 20.2 Å². The largest absolute Gasteiger partial charge is 0.309 e. The first-order valence-electron chi connectivity index (χ1n) is 8.83. The zero-order valence-electron chi connectivity index (χ0n) is 14.5. The molecule has 5 aromatic rings. The Morgan fingerprint density at radius 3 is 1.74 bits per heavy atom. The van der Waals surface area contributed by atoms with Gasteiger partial charge in [-0.2, -0.15) is 0 Å². The normalized spacial score (nSPS) is 11.1. The second-order valence-corrected chi connectivity index (χ2v) is 8.25. The number of rotatable bonds is 3. The standard InChI is InChI=1S/C24H16BrNS/c25-21-15-7-13-19-20-14-8-16-22(24(20)27-23(19)21)26(17-9-3-1-4-10-17)18-11-5-2-6-12-18/h1-16H. The van der Waals surface area contributed by atoms with Gasteiger partial charge in [0.05, 0.1) is 10.4 Å². The molecule has 0 aliphatic heterocycles. The molecule has 0 unspecified atom stereocenters. The summed E-state index contributed by atoms with van der Waals surface area (Å²) in [5, 5.41) is 2.60. The van der Waals surface area contributed by atoms with Gasteiger partial charge in [0.15, 0.2) is 0 Å². The van der Waals surface area contributed by atoms with E-state index in [-0.39, 0.29) is 0 Å². The van der Waals surface area contributed by atoms with E-state index >= 15 is 0 Å². The molecule has 1 heterocycles. The van der Waals surface area contributed by atoms with Crippen LogP contribution in [0.4, 0.5) is 17.1 Å². The summed E-state index contributed by atoms with van der Waals surface area (Å²) in [6.45, 7) is 0. The van der Waals surface area contributed by atoms with Crippen molar-refractivity contribution in [3.05, 3.63) is 102 Å². The van der Waals surface area contributed by atoms with Crippen molar-refractivity contribution in [1.29, 1.82) is 0 Å². The number of thiophene rings is 1. The zero-order valence-corrected chi connectivity index (χ0v) is 16.9. The third-order valence-corrected chi connectivity index (χ3v) is 6.93. The molecule has 0 fully saturated rings. The predicted octanol–water partition coefficient (Wildman–Crippen LogP) is 8.29. The lowest BCUT2D eigenvalue weighted by molar-refractivity contribution is 1.30. The Bertz CT molecular complexity index is 1190. The summed E-state index contributed by atoms with van der Waals surface area (Å²) < 4.78 is 3.74. The van der Waals surface area contributed by atoms with Crippen LogP contribution in [0.15, 0.2) is 102 Å². The lowest BCUT2D eigenvalue weighted by Crippen LogP contribution is -2.09. The van der Waals surface area contributed by atoms with Gasteiger partial charge in [0.25, 0.3) is 0 Å². The molecule has 0 saturated heterocycles. The molecule has 0 spiro atoms. The summed E-state index contributed by atoms with van der Waals surface area (Å²) >= 11 is 5.57. The Morgan fingerprint density at radius 2 is 1.11 bits per heavy atom. The summed E-state index contributed by atoms with van der Waals surface area (Å²) in [5.41, 5.74) is 3.53. The minimum absolute atomic E-state index is 1.15. The fourth-order valence-electron chi connectivity index (χ4n) is 3.53. The van der Waals surface area contributed by atoms with E-state index in [4.69, 9.17) is 0 Å². The van der Waals surface area contributed by atoms with Gasteiger partial charge in [-0.15, -0.1) is 11.3 Å². The lowest BCUT2D eigenvalue weighted by Gasteiger charge is -2.25. The van der Waals surface area contributed by atoms with Crippen molar-refractivity contribution in [2.24, 2.45) is 0 Å². The molecule has 0 bridgehead atoms. The van der Waals surface area contributed by atoms with Crippen molar-refractivity contribution >= 4 is 64.5 Å². The smallest absolute Gasteiger partial charge is 0.0640 e. The maximum absolute atomic E-state index is 3.72. The molecule has 1 nitrogen and oxygen atoms in total. The van der Waals surface area contributed by atoms with Crippen molar-refractivity contribution in [2.45, 2.75) is 0 Å². The van der Waals surface area contributed by atoms with Gasteiger partial charge in [0.2, 0.25) is 0 Å². The Labute approximate surface area is 170 Å². The van der Waals surface area contributed by atoms with Gasteiger partial charge in [-0.1, -0.05) is 60.7 Å². The molecule has 0 aliphatic rings. The average Bonchev–Trinajstić information content (AvgIpc) is 3.11. The van der Waals surface area contributed by atoms with E-state index in [0.29, 0.717) is 0 Å². The molecule has 4 aromatic carbocycles. The first-order valence-corrected chi connectivity index (χ1v) is 10.4. The minimum atomic E-state index is 1.15. The third kappa shape index (κ3) is 2.84. The van der Waals surface area contributed by atoms with Gasteiger partial charge < -0.3 is 4.90 Å². The van der Waals surface area contributed by atoms with Gasteiger partial charge in [-0.25, -0.2) is 0 Å². The molecule has 0 radical (unpaired) electrons. The first kappa shape index (κ1) is 16.5.